The third-order valence-electron chi connectivity index (χ3n) is 3.58. The largest absolute Gasteiger partial charge is 0.465 e. The second-order valence-corrected chi connectivity index (χ2v) is 4.95. The Bertz CT molecular complexity index is 485. The molecule has 0 aromatic carbocycles. The molecular formula is C17H23NO3. The van der Waals surface area contributed by atoms with Crippen molar-refractivity contribution in [2.24, 2.45) is 5.92 Å². The summed E-state index contributed by atoms with van der Waals surface area (Å²) in [7, 11) is 1.27. The van der Waals surface area contributed by atoms with Gasteiger partial charge in [-0.1, -0.05) is 44.1 Å². The zero-order valence-electron chi connectivity index (χ0n) is 13.0. The standard InChI is InChI=1S/C17H23NO3/c1-4-6-10-17(21-5-2)11-8-7-9-15(17)12-14(13-18)16(19)20-3/h7-9,11-12,15H,4-6,10H2,1-3H3. The van der Waals surface area contributed by atoms with Gasteiger partial charge in [0.05, 0.1) is 12.7 Å². The summed E-state index contributed by atoms with van der Waals surface area (Å²) in [6, 6.07) is 1.91. The Morgan fingerprint density at radius 1 is 1.43 bits per heavy atom. The molecule has 4 nitrogen and oxygen atoms in total. The number of carbonyl (C=O) groups excluding carboxylic acids is 1. The number of ether oxygens (including phenoxy) is 2. The highest BCUT2D eigenvalue weighted by Gasteiger charge is 2.36. The molecule has 4 heteroatoms. The summed E-state index contributed by atoms with van der Waals surface area (Å²) in [4.78, 5) is 11.6. The van der Waals surface area contributed by atoms with Gasteiger partial charge in [0.25, 0.3) is 0 Å². The van der Waals surface area contributed by atoms with E-state index in [1.807, 2.05) is 37.3 Å². The molecule has 1 aliphatic carbocycles. The summed E-state index contributed by atoms with van der Waals surface area (Å²) >= 11 is 0. The number of rotatable bonds is 7. The van der Waals surface area contributed by atoms with Gasteiger partial charge >= 0.3 is 5.97 Å². The first kappa shape index (κ1) is 17.2. The fourth-order valence-corrected chi connectivity index (χ4v) is 2.50. The van der Waals surface area contributed by atoms with Crippen LogP contribution in [0, 0.1) is 17.2 Å². The number of methoxy groups -OCH3 is 1. The zero-order chi connectivity index (χ0) is 15.7. The van der Waals surface area contributed by atoms with Gasteiger partial charge in [0.2, 0.25) is 0 Å². The van der Waals surface area contributed by atoms with E-state index in [-0.39, 0.29) is 11.5 Å². The number of hydrogen-bond donors (Lipinski definition) is 0. The maximum absolute atomic E-state index is 11.6. The van der Waals surface area contributed by atoms with Gasteiger partial charge in [-0.2, -0.15) is 5.26 Å². The smallest absolute Gasteiger partial charge is 0.348 e. The van der Waals surface area contributed by atoms with Crippen LogP contribution in [-0.4, -0.2) is 25.3 Å². The quantitative estimate of drug-likeness (QED) is 0.410. The summed E-state index contributed by atoms with van der Waals surface area (Å²) in [5.41, 5.74) is -0.474. The van der Waals surface area contributed by atoms with E-state index in [1.165, 1.54) is 7.11 Å². The van der Waals surface area contributed by atoms with E-state index in [4.69, 9.17) is 10.00 Å². The van der Waals surface area contributed by atoms with Gasteiger partial charge in [-0.3, -0.25) is 0 Å². The maximum atomic E-state index is 11.6. The monoisotopic (exact) mass is 289 g/mol. The summed E-state index contributed by atoms with van der Waals surface area (Å²) < 4.78 is 10.6. The van der Waals surface area contributed by atoms with Gasteiger partial charge in [0, 0.05) is 12.5 Å². The molecule has 0 radical (unpaired) electrons. The molecule has 0 fully saturated rings. The van der Waals surface area contributed by atoms with Crippen molar-refractivity contribution < 1.29 is 14.3 Å². The van der Waals surface area contributed by atoms with E-state index in [0.717, 1.165) is 19.3 Å². The molecule has 0 spiro atoms. The SMILES string of the molecule is CCCCC1(OCC)C=CC=CC1C=C(C#N)C(=O)OC. The Morgan fingerprint density at radius 2 is 2.19 bits per heavy atom. The highest BCUT2D eigenvalue weighted by Crippen LogP contribution is 2.35. The van der Waals surface area contributed by atoms with E-state index in [9.17, 15) is 4.79 Å². The molecule has 21 heavy (non-hydrogen) atoms. The van der Waals surface area contributed by atoms with Crippen LogP contribution in [0.4, 0.5) is 0 Å². The number of nitrogens with zero attached hydrogens (tertiary/aromatic N) is 1. The fraction of sp³-hybridized carbons (Fsp3) is 0.529. The van der Waals surface area contributed by atoms with Gasteiger partial charge < -0.3 is 9.47 Å². The number of esters is 1. The Hall–Kier alpha value is -1.86. The average molecular weight is 289 g/mol. The number of carbonyl (C=O) groups is 1. The molecule has 2 unspecified atom stereocenters. The summed E-state index contributed by atoms with van der Waals surface area (Å²) in [5, 5.41) is 9.13. The number of hydrogen-bond acceptors (Lipinski definition) is 4. The fourth-order valence-electron chi connectivity index (χ4n) is 2.50. The highest BCUT2D eigenvalue weighted by molar-refractivity contribution is 5.92. The normalized spacial score (nSPS) is 24.7. The van der Waals surface area contributed by atoms with Crippen LogP contribution >= 0.6 is 0 Å². The Morgan fingerprint density at radius 3 is 2.76 bits per heavy atom. The van der Waals surface area contributed by atoms with E-state index in [2.05, 4.69) is 11.7 Å². The van der Waals surface area contributed by atoms with Crippen LogP contribution in [0.2, 0.25) is 0 Å². The molecule has 2 atom stereocenters. The van der Waals surface area contributed by atoms with Crippen molar-refractivity contribution in [1.82, 2.24) is 0 Å². The van der Waals surface area contributed by atoms with Crippen LogP contribution in [0.25, 0.3) is 0 Å². The first-order valence-corrected chi connectivity index (χ1v) is 7.33. The molecule has 0 amide bonds. The molecule has 0 heterocycles. The van der Waals surface area contributed by atoms with Crippen LogP contribution < -0.4 is 0 Å². The molecule has 0 aliphatic heterocycles. The van der Waals surface area contributed by atoms with Crippen molar-refractivity contribution in [3.8, 4) is 6.07 Å². The summed E-state index contributed by atoms with van der Waals surface area (Å²) in [5.74, 6) is -0.760. The molecule has 0 bridgehead atoms. The second kappa shape index (κ2) is 8.43. The minimum absolute atomic E-state index is 0.0167. The van der Waals surface area contributed by atoms with Crippen LogP contribution in [0.15, 0.2) is 36.0 Å². The van der Waals surface area contributed by atoms with Crippen LogP contribution in [0.1, 0.15) is 33.1 Å². The topological polar surface area (TPSA) is 59.3 Å². The predicted molar refractivity (Wildman–Crippen MR) is 81.4 cm³/mol. The molecular weight excluding hydrogens is 266 g/mol. The van der Waals surface area contributed by atoms with E-state index in [0.29, 0.717) is 6.61 Å². The predicted octanol–water partition coefficient (Wildman–Crippen LogP) is 3.32. The van der Waals surface area contributed by atoms with Gasteiger partial charge in [0.1, 0.15) is 11.6 Å². The zero-order valence-corrected chi connectivity index (χ0v) is 13.0. The maximum Gasteiger partial charge on any atom is 0.348 e. The molecule has 1 rings (SSSR count). The first-order valence-electron chi connectivity index (χ1n) is 7.33. The van der Waals surface area contributed by atoms with Crippen LogP contribution in [0.5, 0.6) is 0 Å². The van der Waals surface area contributed by atoms with Crippen molar-refractivity contribution in [2.75, 3.05) is 13.7 Å². The number of unbranched alkanes of at least 4 members (excludes halogenated alkanes) is 1. The van der Waals surface area contributed by atoms with E-state index >= 15 is 0 Å². The van der Waals surface area contributed by atoms with Gasteiger partial charge in [-0.05, 0) is 19.4 Å². The molecule has 0 saturated carbocycles. The highest BCUT2D eigenvalue weighted by atomic mass is 16.5. The van der Waals surface area contributed by atoms with Gasteiger partial charge in [-0.15, -0.1) is 0 Å². The Balaban J connectivity index is 3.12. The number of nitriles is 1. The van der Waals surface area contributed by atoms with Crippen molar-refractivity contribution in [3.05, 3.63) is 36.0 Å². The molecule has 0 aromatic rings. The third kappa shape index (κ3) is 4.30. The number of allylic oxidation sites excluding steroid dienone is 2. The van der Waals surface area contributed by atoms with Crippen molar-refractivity contribution in [3.63, 3.8) is 0 Å². The summed E-state index contributed by atoms with van der Waals surface area (Å²) in [6.07, 6.45) is 12.4. The van der Waals surface area contributed by atoms with Gasteiger partial charge in [0.15, 0.2) is 0 Å². The molecule has 0 saturated heterocycles. The van der Waals surface area contributed by atoms with E-state index in [1.54, 1.807) is 6.08 Å². The average Bonchev–Trinajstić information content (AvgIpc) is 2.51. The molecule has 114 valence electrons. The second-order valence-electron chi connectivity index (χ2n) is 4.95. The molecule has 0 N–H and O–H groups in total. The lowest BCUT2D eigenvalue weighted by Gasteiger charge is -2.37. The lowest BCUT2D eigenvalue weighted by Crippen LogP contribution is -2.39. The minimum Gasteiger partial charge on any atom is -0.465 e. The summed E-state index contributed by atoms with van der Waals surface area (Å²) in [6.45, 7) is 4.65. The van der Waals surface area contributed by atoms with Crippen LogP contribution in [0.3, 0.4) is 0 Å². The van der Waals surface area contributed by atoms with E-state index < -0.39 is 11.6 Å². The van der Waals surface area contributed by atoms with Crippen molar-refractivity contribution in [1.29, 1.82) is 5.26 Å². The lowest BCUT2D eigenvalue weighted by atomic mass is 9.79. The Kier molecular flexibility index (Phi) is 6.90. The minimum atomic E-state index is -0.610. The molecule has 0 aromatic heterocycles. The van der Waals surface area contributed by atoms with Gasteiger partial charge in [-0.25, -0.2) is 4.79 Å². The molecule has 1 aliphatic rings. The van der Waals surface area contributed by atoms with Crippen molar-refractivity contribution in [2.45, 2.75) is 38.7 Å². The first-order chi connectivity index (χ1) is 10.1. The lowest BCUT2D eigenvalue weighted by molar-refractivity contribution is -0.135. The third-order valence-corrected chi connectivity index (χ3v) is 3.58. The van der Waals surface area contributed by atoms with Crippen LogP contribution in [-0.2, 0) is 14.3 Å². The van der Waals surface area contributed by atoms with Crippen molar-refractivity contribution >= 4 is 5.97 Å². The Labute approximate surface area is 126 Å².